The molecule has 19 heavy (non-hydrogen) atoms. The van der Waals surface area contributed by atoms with E-state index in [4.69, 9.17) is 0 Å². The first-order valence-electron chi connectivity index (χ1n) is 6.26. The summed E-state index contributed by atoms with van der Waals surface area (Å²) in [4.78, 5) is 11.8. The Morgan fingerprint density at radius 3 is 3.00 bits per heavy atom. The van der Waals surface area contributed by atoms with Crippen molar-refractivity contribution in [3.8, 4) is 0 Å². The molecule has 0 aliphatic carbocycles. The molecule has 0 saturated carbocycles. The van der Waals surface area contributed by atoms with E-state index in [9.17, 15) is 9.18 Å². The van der Waals surface area contributed by atoms with Gasteiger partial charge in [-0.1, -0.05) is 25.5 Å². The van der Waals surface area contributed by atoms with E-state index in [1.807, 2.05) is 6.07 Å². The normalized spacial score (nSPS) is 10.4. The number of nitrogens with zero attached hydrogens (tertiary/aromatic N) is 1. The van der Waals surface area contributed by atoms with Crippen LogP contribution in [0, 0.1) is 5.82 Å². The molecule has 0 spiro atoms. The summed E-state index contributed by atoms with van der Waals surface area (Å²) in [5.74, 6) is -0.0414. The number of anilines is 1. The van der Waals surface area contributed by atoms with E-state index in [0.717, 1.165) is 18.5 Å². The van der Waals surface area contributed by atoms with Gasteiger partial charge < -0.3 is 5.32 Å². The SMILES string of the molecule is CCCc1cc(NC(=O)Cc2cccc(F)c2)n[nH]1. The summed E-state index contributed by atoms with van der Waals surface area (Å²) in [6.07, 6.45) is 2.04. The number of carbonyl (C=O) groups excluding carboxylic acids is 1. The summed E-state index contributed by atoms with van der Waals surface area (Å²) in [7, 11) is 0. The largest absolute Gasteiger partial charge is 0.309 e. The number of hydrogen-bond donors (Lipinski definition) is 2. The Balaban J connectivity index is 1.93. The van der Waals surface area contributed by atoms with Gasteiger partial charge in [-0.25, -0.2) is 4.39 Å². The van der Waals surface area contributed by atoms with Crippen LogP contribution in [-0.4, -0.2) is 16.1 Å². The number of aromatic nitrogens is 2. The molecule has 1 amide bonds. The number of H-pyrrole nitrogens is 1. The van der Waals surface area contributed by atoms with E-state index < -0.39 is 0 Å². The molecule has 4 nitrogen and oxygen atoms in total. The molecule has 5 heteroatoms. The fraction of sp³-hybridized carbons (Fsp3) is 0.286. The first-order valence-corrected chi connectivity index (χ1v) is 6.26. The molecule has 0 radical (unpaired) electrons. The Bertz CT molecular complexity index is 565. The maximum atomic E-state index is 13.0. The minimum absolute atomic E-state index is 0.133. The molecule has 0 fully saturated rings. The number of benzene rings is 1. The van der Waals surface area contributed by atoms with Crippen molar-refractivity contribution in [2.24, 2.45) is 0 Å². The summed E-state index contributed by atoms with van der Waals surface area (Å²) in [6, 6.07) is 7.83. The zero-order valence-electron chi connectivity index (χ0n) is 10.7. The summed E-state index contributed by atoms with van der Waals surface area (Å²) >= 11 is 0. The molecular formula is C14H16FN3O. The first kappa shape index (κ1) is 13.3. The van der Waals surface area contributed by atoms with E-state index in [-0.39, 0.29) is 18.1 Å². The molecule has 2 aromatic rings. The molecule has 2 N–H and O–H groups in total. The Kier molecular flexibility index (Phi) is 4.28. The van der Waals surface area contributed by atoms with Crippen molar-refractivity contribution in [3.05, 3.63) is 47.4 Å². The van der Waals surface area contributed by atoms with Crippen molar-refractivity contribution in [1.29, 1.82) is 0 Å². The van der Waals surface area contributed by atoms with Crippen LogP contribution in [0.2, 0.25) is 0 Å². The number of amides is 1. The molecule has 0 bridgehead atoms. The van der Waals surface area contributed by atoms with Crippen LogP contribution >= 0.6 is 0 Å². The highest BCUT2D eigenvalue weighted by Gasteiger charge is 2.07. The second-order valence-electron chi connectivity index (χ2n) is 4.38. The zero-order valence-corrected chi connectivity index (χ0v) is 10.7. The molecule has 0 aliphatic rings. The van der Waals surface area contributed by atoms with Crippen molar-refractivity contribution in [3.63, 3.8) is 0 Å². The average molecular weight is 261 g/mol. The summed E-state index contributed by atoms with van der Waals surface area (Å²) < 4.78 is 13.0. The highest BCUT2D eigenvalue weighted by Crippen LogP contribution is 2.09. The van der Waals surface area contributed by atoms with E-state index in [1.165, 1.54) is 12.1 Å². The third-order valence-corrected chi connectivity index (χ3v) is 2.67. The number of aromatic amines is 1. The van der Waals surface area contributed by atoms with Crippen LogP contribution in [0.5, 0.6) is 0 Å². The highest BCUT2D eigenvalue weighted by atomic mass is 19.1. The Morgan fingerprint density at radius 2 is 2.26 bits per heavy atom. The number of nitrogens with one attached hydrogen (secondary N) is 2. The predicted octanol–water partition coefficient (Wildman–Crippen LogP) is 2.68. The summed E-state index contributed by atoms with van der Waals surface area (Å²) in [6.45, 7) is 2.07. The third kappa shape index (κ3) is 3.91. The standard InChI is InChI=1S/C14H16FN3O/c1-2-4-12-9-13(18-17-12)16-14(19)8-10-5-3-6-11(15)7-10/h3,5-7,9H,2,4,8H2,1H3,(H2,16,17,18,19). The van der Waals surface area contributed by atoms with Crippen LogP contribution in [0.25, 0.3) is 0 Å². The van der Waals surface area contributed by atoms with E-state index >= 15 is 0 Å². The molecule has 1 aromatic heterocycles. The second-order valence-corrected chi connectivity index (χ2v) is 4.38. The molecule has 0 saturated heterocycles. The number of halogens is 1. The van der Waals surface area contributed by atoms with Gasteiger partial charge in [-0.05, 0) is 24.1 Å². The van der Waals surface area contributed by atoms with E-state index in [2.05, 4.69) is 22.4 Å². The monoisotopic (exact) mass is 261 g/mol. The lowest BCUT2D eigenvalue weighted by Crippen LogP contribution is -2.14. The van der Waals surface area contributed by atoms with Gasteiger partial charge in [0.05, 0.1) is 6.42 Å². The zero-order chi connectivity index (χ0) is 13.7. The lowest BCUT2D eigenvalue weighted by molar-refractivity contribution is -0.115. The molecule has 100 valence electrons. The number of hydrogen-bond acceptors (Lipinski definition) is 2. The Morgan fingerprint density at radius 1 is 1.42 bits per heavy atom. The van der Waals surface area contributed by atoms with Crippen LogP contribution < -0.4 is 5.32 Å². The van der Waals surface area contributed by atoms with E-state index in [1.54, 1.807) is 12.1 Å². The van der Waals surface area contributed by atoms with Crippen LogP contribution in [0.4, 0.5) is 10.2 Å². The number of rotatable bonds is 5. The summed E-state index contributed by atoms with van der Waals surface area (Å²) in [5.41, 5.74) is 1.63. The molecule has 1 heterocycles. The maximum Gasteiger partial charge on any atom is 0.229 e. The van der Waals surface area contributed by atoms with Crippen molar-refractivity contribution in [2.75, 3.05) is 5.32 Å². The number of aryl methyl sites for hydroxylation is 1. The minimum Gasteiger partial charge on any atom is -0.309 e. The van der Waals surface area contributed by atoms with Crippen molar-refractivity contribution >= 4 is 11.7 Å². The van der Waals surface area contributed by atoms with Crippen LogP contribution in [-0.2, 0) is 17.6 Å². The number of carbonyl (C=O) groups is 1. The minimum atomic E-state index is -0.338. The van der Waals surface area contributed by atoms with Crippen molar-refractivity contribution in [2.45, 2.75) is 26.2 Å². The van der Waals surface area contributed by atoms with Gasteiger partial charge in [0, 0.05) is 11.8 Å². The van der Waals surface area contributed by atoms with Crippen molar-refractivity contribution in [1.82, 2.24) is 10.2 Å². The van der Waals surface area contributed by atoms with Gasteiger partial charge in [0.25, 0.3) is 0 Å². The topological polar surface area (TPSA) is 57.8 Å². The van der Waals surface area contributed by atoms with Gasteiger partial charge in [-0.2, -0.15) is 5.10 Å². The highest BCUT2D eigenvalue weighted by molar-refractivity contribution is 5.91. The third-order valence-electron chi connectivity index (χ3n) is 2.67. The van der Waals surface area contributed by atoms with Gasteiger partial charge in [-0.3, -0.25) is 9.89 Å². The second kappa shape index (κ2) is 6.13. The van der Waals surface area contributed by atoms with Gasteiger partial charge >= 0.3 is 0 Å². The predicted molar refractivity (Wildman–Crippen MR) is 71.3 cm³/mol. The Labute approximate surface area is 111 Å². The Hall–Kier alpha value is -2.17. The van der Waals surface area contributed by atoms with Gasteiger partial charge in [-0.15, -0.1) is 0 Å². The smallest absolute Gasteiger partial charge is 0.229 e. The molecule has 1 aromatic carbocycles. The maximum absolute atomic E-state index is 13.0. The molecular weight excluding hydrogens is 245 g/mol. The van der Waals surface area contributed by atoms with Gasteiger partial charge in [0.15, 0.2) is 5.82 Å². The van der Waals surface area contributed by atoms with Crippen LogP contribution in [0.1, 0.15) is 24.6 Å². The van der Waals surface area contributed by atoms with Gasteiger partial charge in [0.1, 0.15) is 5.82 Å². The fourth-order valence-electron chi connectivity index (χ4n) is 1.84. The fourth-order valence-corrected chi connectivity index (χ4v) is 1.84. The molecule has 0 aliphatic heterocycles. The van der Waals surface area contributed by atoms with E-state index in [0.29, 0.717) is 11.4 Å². The molecule has 0 unspecified atom stereocenters. The van der Waals surface area contributed by atoms with Crippen molar-refractivity contribution < 1.29 is 9.18 Å². The lowest BCUT2D eigenvalue weighted by atomic mass is 10.1. The van der Waals surface area contributed by atoms with Crippen LogP contribution in [0.15, 0.2) is 30.3 Å². The quantitative estimate of drug-likeness (QED) is 0.869. The molecule has 0 atom stereocenters. The summed E-state index contributed by atoms with van der Waals surface area (Å²) in [5, 5.41) is 9.55. The lowest BCUT2D eigenvalue weighted by Gasteiger charge is -2.02. The van der Waals surface area contributed by atoms with Crippen LogP contribution in [0.3, 0.4) is 0 Å². The average Bonchev–Trinajstić information content (AvgIpc) is 2.77. The first-order chi connectivity index (χ1) is 9.17. The van der Waals surface area contributed by atoms with Gasteiger partial charge in [0.2, 0.25) is 5.91 Å². The molecule has 2 rings (SSSR count).